The Morgan fingerprint density at radius 2 is 1.81 bits per heavy atom. The predicted molar refractivity (Wildman–Crippen MR) is 128 cm³/mol. The Labute approximate surface area is 192 Å². The summed E-state index contributed by atoms with van der Waals surface area (Å²) in [6, 6.07) is 18.1. The number of para-hydroxylation sites is 1. The van der Waals surface area contributed by atoms with Crippen molar-refractivity contribution < 1.29 is 9.21 Å². The van der Waals surface area contributed by atoms with Crippen LogP contribution in [0.5, 0.6) is 0 Å². The second-order valence-corrected chi connectivity index (χ2v) is 9.01. The third kappa shape index (κ3) is 4.49. The second kappa shape index (κ2) is 9.71. The van der Waals surface area contributed by atoms with Crippen LogP contribution in [0.4, 0.5) is 0 Å². The normalized spacial score (nSPS) is 12.5. The molecule has 166 valence electrons. The van der Waals surface area contributed by atoms with Crippen molar-refractivity contribution >= 4 is 28.5 Å². The van der Waals surface area contributed by atoms with Crippen LogP contribution in [0.25, 0.3) is 11.0 Å². The summed E-state index contributed by atoms with van der Waals surface area (Å²) < 4.78 is 7.99. The fourth-order valence-electron chi connectivity index (χ4n) is 3.98. The number of fused-ring (bicyclic) bond motifs is 1. The zero-order chi connectivity index (χ0) is 22.7. The fraction of sp³-hybridized carbons (Fsp3) is 0.320. The van der Waals surface area contributed by atoms with Crippen molar-refractivity contribution in [2.75, 3.05) is 19.8 Å². The molecular weight excluding hydrogens is 420 g/mol. The molecule has 0 amide bonds. The van der Waals surface area contributed by atoms with Gasteiger partial charge in [-0.05, 0) is 39.1 Å². The number of ketones is 1. The Morgan fingerprint density at radius 3 is 2.50 bits per heavy atom. The smallest absolute Gasteiger partial charge is 0.208 e. The number of hydrogen-bond acceptors (Lipinski definition) is 6. The van der Waals surface area contributed by atoms with Crippen LogP contribution >= 0.6 is 11.8 Å². The van der Waals surface area contributed by atoms with Crippen molar-refractivity contribution in [3.8, 4) is 0 Å². The Balaban J connectivity index is 1.60. The third-order valence-corrected chi connectivity index (χ3v) is 6.63. The van der Waals surface area contributed by atoms with Gasteiger partial charge >= 0.3 is 0 Å². The van der Waals surface area contributed by atoms with Crippen LogP contribution in [-0.4, -0.2) is 45.3 Å². The van der Waals surface area contributed by atoms with Crippen molar-refractivity contribution in [1.82, 2.24) is 19.7 Å². The molecule has 0 aliphatic heterocycles. The van der Waals surface area contributed by atoms with E-state index in [1.807, 2.05) is 49.4 Å². The summed E-state index contributed by atoms with van der Waals surface area (Å²) in [7, 11) is 4.10. The van der Waals surface area contributed by atoms with Crippen LogP contribution in [0, 0.1) is 6.92 Å². The number of carbonyl (C=O) groups is 1. The monoisotopic (exact) mass is 448 g/mol. The van der Waals surface area contributed by atoms with E-state index in [2.05, 4.69) is 52.8 Å². The van der Waals surface area contributed by atoms with Crippen LogP contribution in [0.1, 0.15) is 46.9 Å². The molecule has 0 saturated carbocycles. The maximum Gasteiger partial charge on any atom is 0.208 e. The molecule has 0 aliphatic rings. The number of aromatic nitrogens is 3. The first-order valence-electron chi connectivity index (χ1n) is 10.8. The van der Waals surface area contributed by atoms with Crippen molar-refractivity contribution in [3.05, 3.63) is 77.3 Å². The van der Waals surface area contributed by atoms with Gasteiger partial charge in [-0.2, -0.15) is 0 Å². The van der Waals surface area contributed by atoms with E-state index < -0.39 is 0 Å². The molecule has 0 saturated heterocycles. The number of Topliss-reactive ketones (excluding diaryl/α,β-unsaturated/α-hetero) is 1. The summed E-state index contributed by atoms with van der Waals surface area (Å²) in [5.74, 6) is 1.54. The van der Waals surface area contributed by atoms with Crippen molar-refractivity contribution in [3.63, 3.8) is 0 Å². The molecule has 0 bridgehead atoms. The molecule has 4 rings (SSSR count). The maximum absolute atomic E-state index is 13.0. The molecule has 32 heavy (non-hydrogen) atoms. The first-order chi connectivity index (χ1) is 15.5. The lowest BCUT2D eigenvalue weighted by Gasteiger charge is -2.23. The molecule has 0 N–H and O–H groups in total. The van der Waals surface area contributed by atoms with Crippen LogP contribution in [0.2, 0.25) is 0 Å². The Bertz CT molecular complexity index is 1210. The summed E-state index contributed by atoms with van der Waals surface area (Å²) in [5.41, 5.74) is 2.80. The topological polar surface area (TPSA) is 64.2 Å². The van der Waals surface area contributed by atoms with E-state index in [4.69, 9.17) is 4.42 Å². The maximum atomic E-state index is 13.0. The average molecular weight is 449 g/mol. The average Bonchev–Trinajstić information content (AvgIpc) is 3.34. The highest BCUT2D eigenvalue weighted by Crippen LogP contribution is 2.29. The van der Waals surface area contributed by atoms with Gasteiger partial charge < -0.3 is 8.98 Å². The minimum atomic E-state index is -0.0424. The number of aryl methyl sites for hydroxylation is 1. The number of benzene rings is 2. The lowest BCUT2D eigenvalue weighted by molar-refractivity contribution is 0.0993. The Morgan fingerprint density at radius 1 is 1.09 bits per heavy atom. The zero-order valence-electron chi connectivity index (χ0n) is 18.9. The number of hydrogen-bond donors (Lipinski definition) is 0. The molecule has 2 aromatic heterocycles. The van der Waals surface area contributed by atoms with Gasteiger partial charge in [-0.25, -0.2) is 0 Å². The van der Waals surface area contributed by atoms with E-state index in [0.29, 0.717) is 12.3 Å². The predicted octanol–water partition coefficient (Wildman–Crippen LogP) is 5.37. The van der Waals surface area contributed by atoms with Gasteiger partial charge in [-0.3, -0.25) is 9.69 Å². The van der Waals surface area contributed by atoms with Gasteiger partial charge in [0.2, 0.25) is 5.78 Å². The van der Waals surface area contributed by atoms with E-state index in [0.717, 1.165) is 33.9 Å². The molecule has 0 spiro atoms. The lowest BCUT2D eigenvalue weighted by atomic mass is 10.1. The molecule has 4 aromatic rings. The summed E-state index contributed by atoms with van der Waals surface area (Å²) >= 11 is 1.41. The lowest BCUT2D eigenvalue weighted by Crippen LogP contribution is -2.23. The van der Waals surface area contributed by atoms with Crippen LogP contribution in [0.3, 0.4) is 0 Å². The minimum Gasteiger partial charge on any atom is -0.453 e. The number of furan rings is 1. The van der Waals surface area contributed by atoms with Gasteiger partial charge in [0.15, 0.2) is 16.7 Å². The minimum absolute atomic E-state index is 0.0424. The highest BCUT2D eigenvalue weighted by atomic mass is 32.2. The number of carbonyl (C=O) groups excluding carboxylic acids is 1. The molecule has 7 heteroatoms. The first kappa shape index (κ1) is 22.3. The Hall–Kier alpha value is -2.90. The second-order valence-electron chi connectivity index (χ2n) is 8.06. The third-order valence-electron chi connectivity index (χ3n) is 5.67. The Kier molecular flexibility index (Phi) is 6.77. The summed E-state index contributed by atoms with van der Waals surface area (Å²) in [5, 5.41) is 10.7. The van der Waals surface area contributed by atoms with Gasteiger partial charge in [-0.15, -0.1) is 10.2 Å². The zero-order valence-corrected chi connectivity index (χ0v) is 19.7. The molecule has 6 nitrogen and oxygen atoms in total. The van der Waals surface area contributed by atoms with E-state index in [9.17, 15) is 4.79 Å². The molecule has 0 unspecified atom stereocenters. The highest BCUT2D eigenvalue weighted by molar-refractivity contribution is 7.99. The SMILES string of the molecule is CC[C@@H](c1nnc(SCC(=O)c2oc3ccccc3c2C)n1Cc1ccccc1)N(C)C. The number of rotatable bonds is 9. The summed E-state index contributed by atoms with van der Waals surface area (Å²) in [6.45, 7) is 4.74. The van der Waals surface area contributed by atoms with Crippen molar-refractivity contribution in [1.29, 1.82) is 0 Å². The van der Waals surface area contributed by atoms with E-state index in [1.165, 1.54) is 17.3 Å². The van der Waals surface area contributed by atoms with E-state index >= 15 is 0 Å². The van der Waals surface area contributed by atoms with Gasteiger partial charge in [0, 0.05) is 10.9 Å². The van der Waals surface area contributed by atoms with E-state index in [1.54, 1.807) is 0 Å². The number of thioether (sulfide) groups is 1. The van der Waals surface area contributed by atoms with Crippen LogP contribution in [0.15, 0.2) is 64.2 Å². The van der Waals surface area contributed by atoms with Crippen molar-refractivity contribution in [2.24, 2.45) is 0 Å². The summed E-state index contributed by atoms with van der Waals surface area (Å²) in [6.07, 6.45) is 0.918. The fourth-order valence-corrected chi connectivity index (χ4v) is 4.79. The van der Waals surface area contributed by atoms with Gasteiger partial charge in [0.05, 0.1) is 18.3 Å². The molecule has 0 aliphatic carbocycles. The molecule has 0 fully saturated rings. The molecule has 2 aromatic carbocycles. The largest absolute Gasteiger partial charge is 0.453 e. The molecule has 2 heterocycles. The van der Waals surface area contributed by atoms with Crippen LogP contribution in [-0.2, 0) is 6.54 Å². The van der Waals surface area contributed by atoms with Crippen molar-refractivity contribution in [2.45, 2.75) is 38.0 Å². The van der Waals surface area contributed by atoms with Gasteiger partial charge in [0.1, 0.15) is 5.58 Å². The van der Waals surface area contributed by atoms with Gasteiger partial charge in [0.25, 0.3) is 0 Å². The van der Waals surface area contributed by atoms with E-state index in [-0.39, 0.29) is 17.6 Å². The number of nitrogens with zero attached hydrogens (tertiary/aromatic N) is 4. The van der Waals surface area contributed by atoms with Crippen LogP contribution < -0.4 is 0 Å². The molecular formula is C25H28N4O2S. The molecule has 1 atom stereocenters. The first-order valence-corrected chi connectivity index (χ1v) is 11.8. The highest BCUT2D eigenvalue weighted by Gasteiger charge is 2.24. The standard InChI is InChI=1S/C25H28N4O2S/c1-5-20(28(3)4)24-26-27-25(29(24)15-18-11-7-6-8-12-18)32-16-21(30)23-17(2)19-13-9-10-14-22(19)31-23/h6-14,20H,5,15-16H2,1-4H3/t20-/m0/s1. The molecule has 0 radical (unpaired) electrons. The quantitative estimate of drug-likeness (QED) is 0.253. The van der Waals surface area contributed by atoms with Gasteiger partial charge in [-0.1, -0.05) is 67.2 Å². The summed E-state index contributed by atoms with van der Waals surface area (Å²) in [4.78, 5) is 15.2.